The summed E-state index contributed by atoms with van der Waals surface area (Å²) in [5, 5.41) is 3.46. The maximum absolute atomic E-state index is 12.6. The van der Waals surface area contributed by atoms with Crippen LogP contribution in [-0.2, 0) is 9.53 Å². The number of halogens is 1. The monoisotopic (exact) mass is 337 g/mol. The average Bonchev–Trinajstić information content (AvgIpc) is 2.50. The lowest BCUT2D eigenvalue weighted by Crippen LogP contribution is -2.37. The molecular formula is C18H24ClNO3. The van der Waals surface area contributed by atoms with Gasteiger partial charge in [-0.3, -0.25) is 4.79 Å². The van der Waals surface area contributed by atoms with Crippen LogP contribution >= 0.6 is 11.6 Å². The van der Waals surface area contributed by atoms with E-state index in [0.717, 1.165) is 37.7 Å². The van der Waals surface area contributed by atoms with Gasteiger partial charge in [0.1, 0.15) is 5.78 Å². The van der Waals surface area contributed by atoms with Crippen molar-refractivity contribution in [1.29, 1.82) is 0 Å². The van der Waals surface area contributed by atoms with Gasteiger partial charge >= 0.3 is 6.09 Å². The number of benzene rings is 1. The normalized spacial score (nSPS) is 20.3. The van der Waals surface area contributed by atoms with E-state index in [2.05, 4.69) is 5.32 Å². The molecule has 2 rings (SSSR count). The number of rotatable bonds is 4. The maximum atomic E-state index is 12.6. The Labute approximate surface area is 142 Å². The SMILES string of the molecule is CCOC(=O)N[C@H](c1cccc(Cl)c1)[C@@H]1CCCCCCC1=O. The van der Waals surface area contributed by atoms with Gasteiger partial charge in [0.25, 0.3) is 0 Å². The molecule has 4 nitrogen and oxygen atoms in total. The molecule has 1 aliphatic rings. The van der Waals surface area contributed by atoms with E-state index in [1.54, 1.807) is 13.0 Å². The second-order valence-electron chi connectivity index (χ2n) is 5.92. The van der Waals surface area contributed by atoms with Crippen molar-refractivity contribution in [3.05, 3.63) is 34.9 Å². The van der Waals surface area contributed by atoms with Crippen molar-refractivity contribution in [2.45, 2.75) is 51.5 Å². The van der Waals surface area contributed by atoms with Crippen molar-refractivity contribution in [3.8, 4) is 0 Å². The lowest BCUT2D eigenvalue weighted by atomic mass is 9.82. The molecule has 0 heterocycles. The van der Waals surface area contributed by atoms with Crippen LogP contribution < -0.4 is 5.32 Å². The molecule has 5 heteroatoms. The first-order chi connectivity index (χ1) is 11.1. The molecular weight excluding hydrogens is 314 g/mol. The van der Waals surface area contributed by atoms with Crippen LogP contribution in [0.25, 0.3) is 0 Å². The molecule has 0 spiro atoms. The van der Waals surface area contributed by atoms with Gasteiger partial charge in [0.2, 0.25) is 0 Å². The summed E-state index contributed by atoms with van der Waals surface area (Å²) >= 11 is 6.09. The Bertz CT molecular complexity index is 547. The van der Waals surface area contributed by atoms with Crippen LogP contribution in [-0.4, -0.2) is 18.5 Å². The number of amides is 1. The lowest BCUT2D eigenvalue weighted by Gasteiger charge is -2.28. The number of hydrogen-bond acceptors (Lipinski definition) is 3. The second-order valence-corrected chi connectivity index (χ2v) is 6.36. The Morgan fingerprint density at radius 3 is 2.87 bits per heavy atom. The van der Waals surface area contributed by atoms with Crippen molar-refractivity contribution < 1.29 is 14.3 Å². The highest BCUT2D eigenvalue weighted by Gasteiger charge is 2.31. The molecule has 0 unspecified atom stereocenters. The summed E-state index contributed by atoms with van der Waals surface area (Å²) in [7, 11) is 0. The Hall–Kier alpha value is -1.55. The van der Waals surface area contributed by atoms with Crippen LogP contribution in [0.15, 0.2) is 24.3 Å². The molecule has 0 aliphatic heterocycles. The first-order valence-electron chi connectivity index (χ1n) is 8.33. The van der Waals surface area contributed by atoms with E-state index >= 15 is 0 Å². The quantitative estimate of drug-likeness (QED) is 0.868. The van der Waals surface area contributed by atoms with E-state index in [4.69, 9.17) is 16.3 Å². The van der Waals surface area contributed by atoms with Crippen LogP contribution in [0.5, 0.6) is 0 Å². The molecule has 2 atom stereocenters. The molecule has 0 aromatic heterocycles. The summed E-state index contributed by atoms with van der Waals surface area (Å²) in [6, 6.07) is 6.94. The summed E-state index contributed by atoms with van der Waals surface area (Å²) in [4.78, 5) is 24.5. The van der Waals surface area contributed by atoms with Gasteiger partial charge in [0.15, 0.2) is 0 Å². The number of carbonyl (C=O) groups is 2. The fourth-order valence-corrected chi connectivity index (χ4v) is 3.33. The zero-order valence-electron chi connectivity index (χ0n) is 13.5. The third-order valence-corrected chi connectivity index (χ3v) is 4.50. The number of hydrogen-bond donors (Lipinski definition) is 1. The Balaban J connectivity index is 2.26. The van der Waals surface area contributed by atoms with Gasteiger partial charge in [-0.25, -0.2) is 4.79 Å². The maximum Gasteiger partial charge on any atom is 0.407 e. The number of nitrogens with one attached hydrogen (secondary N) is 1. The number of ketones is 1. The highest BCUT2D eigenvalue weighted by Crippen LogP contribution is 2.32. The highest BCUT2D eigenvalue weighted by molar-refractivity contribution is 6.30. The van der Waals surface area contributed by atoms with E-state index in [-0.39, 0.29) is 11.7 Å². The minimum absolute atomic E-state index is 0.214. The summed E-state index contributed by atoms with van der Waals surface area (Å²) in [6.07, 6.45) is 5.02. The van der Waals surface area contributed by atoms with Crippen molar-refractivity contribution in [2.24, 2.45) is 5.92 Å². The van der Waals surface area contributed by atoms with Crippen LogP contribution in [0.4, 0.5) is 4.79 Å². The van der Waals surface area contributed by atoms with Gasteiger partial charge in [-0.1, -0.05) is 43.0 Å². The fourth-order valence-electron chi connectivity index (χ4n) is 3.13. The van der Waals surface area contributed by atoms with Crippen molar-refractivity contribution in [2.75, 3.05) is 6.61 Å². The summed E-state index contributed by atoms with van der Waals surface area (Å²) in [5.74, 6) is -0.00959. The molecule has 1 aromatic rings. The second kappa shape index (κ2) is 8.92. The average molecular weight is 338 g/mol. The van der Waals surface area contributed by atoms with Gasteiger partial charge in [-0.05, 0) is 37.5 Å². The fraction of sp³-hybridized carbons (Fsp3) is 0.556. The summed E-state index contributed by atoms with van der Waals surface area (Å²) in [5.41, 5.74) is 0.851. The molecule has 1 N–H and O–H groups in total. The topological polar surface area (TPSA) is 55.4 Å². The molecule has 23 heavy (non-hydrogen) atoms. The number of alkyl carbamates (subject to hydrolysis) is 1. The molecule has 0 radical (unpaired) electrons. The predicted molar refractivity (Wildman–Crippen MR) is 90.5 cm³/mol. The van der Waals surface area contributed by atoms with E-state index < -0.39 is 12.1 Å². The van der Waals surface area contributed by atoms with E-state index in [9.17, 15) is 9.59 Å². The molecule has 1 aliphatic carbocycles. The predicted octanol–water partition coefficient (Wildman–Crippen LogP) is 4.67. The van der Waals surface area contributed by atoms with Gasteiger partial charge < -0.3 is 10.1 Å². The Kier molecular flexibility index (Phi) is 6.90. The van der Waals surface area contributed by atoms with E-state index in [0.29, 0.717) is 18.1 Å². The largest absolute Gasteiger partial charge is 0.450 e. The number of Topliss-reactive ketones (excluding diaryl/α,β-unsaturated/α-hetero) is 1. The first kappa shape index (κ1) is 17.8. The molecule has 1 saturated carbocycles. The third-order valence-electron chi connectivity index (χ3n) is 4.26. The lowest BCUT2D eigenvalue weighted by molar-refractivity contribution is -0.124. The smallest absolute Gasteiger partial charge is 0.407 e. The molecule has 126 valence electrons. The number of ether oxygens (including phenoxy) is 1. The van der Waals surface area contributed by atoms with Crippen molar-refractivity contribution in [3.63, 3.8) is 0 Å². The molecule has 0 saturated heterocycles. The van der Waals surface area contributed by atoms with E-state index in [1.165, 1.54) is 0 Å². The Morgan fingerprint density at radius 2 is 2.13 bits per heavy atom. The zero-order valence-corrected chi connectivity index (χ0v) is 14.3. The minimum atomic E-state index is -0.493. The molecule has 1 amide bonds. The van der Waals surface area contributed by atoms with Gasteiger partial charge in [-0.2, -0.15) is 0 Å². The van der Waals surface area contributed by atoms with Crippen LogP contribution in [0.2, 0.25) is 5.02 Å². The molecule has 1 fully saturated rings. The standard InChI is InChI=1S/C18H24ClNO3/c1-2-23-18(22)20-17(13-8-7-9-14(19)12-13)15-10-5-3-4-6-11-16(15)21/h7-9,12,15,17H,2-6,10-11H2,1H3,(H,20,22)/t15-,17-/m1/s1. The van der Waals surface area contributed by atoms with Crippen molar-refractivity contribution >= 4 is 23.5 Å². The third kappa shape index (κ3) is 5.24. The van der Waals surface area contributed by atoms with Crippen LogP contribution in [0.1, 0.15) is 57.1 Å². The van der Waals surface area contributed by atoms with Crippen LogP contribution in [0.3, 0.4) is 0 Å². The van der Waals surface area contributed by atoms with Gasteiger partial charge in [0, 0.05) is 17.4 Å². The van der Waals surface area contributed by atoms with Crippen LogP contribution in [0, 0.1) is 5.92 Å². The van der Waals surface area contributed by atoms with Gasteiger partial charge in [-0.15, -0.1) is 0 Å². The highest BCUT2D eigenvalue weighted by atomic mass is 35.5. The van der Waals surface area contributed by atoms with E-state index in [1.807, 2.05) is 18.2 Å². The molecule has 0 bridgehead atoms. The molecule has 1 aromatic carbocycles. The number of carbonyl (C=O) groups excluding carboxylic acids is 2. The summed E-state index contributed by atoms with van der Waals surface area (Å²) < 4.78 is 5.01. The van der Waals surface area contributed by atoms with Gasteiger partial charge in [0.05, 0.1) is 12.6 Å². The first-order valence-corrected chi connectivity index (χ1v) is 8.71. The summed E-state index contributed by atoms with van der Waals surface area (Å²) in [6.45, 7) is 2.06. The van der Waals surface area contributed by atoms with Crippen molar-refractivity contribution in [1.82, 2.24) is 5.32 Å². The Morgan fingerprint density at radius 1 is 1.35 bits per heavy atom. The zero-order chi connectivity index (χ0) is 16.7. The minimum Gasteiger partial charge on any atom is -0.450 e.